The number of carbonyl (C=O) groups excluding carboxylic acids is 1. The number of amides is 1. The summed E-state index contributed by atoms with van der Waals surface area (Å²) in [5.41, 5.74) is 1.13. The standard InChI is InChI=1S/C17H24N2O2/c1-3-4-5-16(20)19-14-7-9-15(10-8-14)21-17-11-6-13(2)12-18-17/h3,6,11-12,14-15H,1,4-5,7-10H2,2H3,(H,19,20). The molecule has 0 unspecified atom stereocenters. The summed E-state index contributed by atoms with van der Waals surface area (Å²) in [5.74, 6) is 0.818. The minimum Gasteiger partial charge on any atom is -0.474 e. The van der Waals surface area contributed by atoms with E-state index in [9.17, 15) is 4.79 Å². The van der Waals surface area contributed by atoms with Crippen LogP contribution >= 0.6 is 0 Å². The topological polar surface area (TPSA) is 51.2 Å². The van der Waals surface area contributed by atoms with Crippen molar-refractivity contribution in [1.29, 1.82) is 0 Å². The Morgan fingerprint density at radius 3 is 2.81 bits per heavy atom. The summed E-state index contributed by atoms with van der Waals surface area (Å²) in [6, 6.07) is 4.21. The van der Waals surface area contributed by atoms with Crippen LogP contribution in [0.1, 0.15) is 44.1 Å². The number of aromatic nitrogens is 1. The lowest BCUT2D eigenvalue weighted by Gasteiger charge is -2.29. The molecule has 1 aromatic rings. The molecule has 1 aliphatic rings. The Labute approximate surface area is 126 Å². The van der Waals surface area contributed by atoms with Gasteiger partial charge in [0.1, 0.15) is 6.10 Å². The molecular weight excluding hydrogens is 264 g/mol. The lowest BCUT2D eigenvalue weighted by Crippen LogP contribution is -2.39. The maximum Gasteiger partial charge on any atom is 0.220 e. The molecule has 0 bridgehead atoms. The van der Waals surface area contributed by atoms with Crippen LogP contribution in [0.2, 0.25) is 0 Å². The van der Waals surface area contributed by atoms with E-state index in [0.29, 0.717) is 12.3 Å². The van der Waals surface area contributed by atoms with Gasteiger partial charge < -0.3 is 10.1 Å². The van der Waals surface area contributed by atoms with Crippen molar-refractivity contribution in [2.24, 2.45) is 0 Å². The minimum atomic E-state index is 0.125. The Morgan fingerprint density at radius 2 is 2.19 bits per heavy atom. The summed E-state index contributed by atoms with van der Waals surface area (Å²) in [6.45, 7) is 5.64. The zero-order chi connectivity index (χ0) is 15.1. The first-order valence-corrected chi connectivity index (χ1v) is 7.67. The largest absolute Gasteiger partial charge is 0.474 e. The van der Waals surface area contributed by atoms with E-state index in [4.69, 9.17) is 4.74 Å². The molecule has 1 amide bonds. The molecule has 0 atom stereocenters. The number of hydrogen-bond donors (Lipinski definition) is 1. The van der Waals surface area contributed by atoms with Crippen molar-refractivity contribution in [2.75, 3.05) is 0 Å². The van der Waals surface area contributed by atoms with E-state index in [1.807, 2.05) is 25.3 Å². The van der Waals surface area contributed by atoms with Gasteiger partial charge >= 0.3 is 0 Å². The van der Waals surface area contributed by atoms with Crippen molar-refractivity contribution in [3.8, 4) is 5.88 Å². The molecule has 2 rings (SSSR count). The summed E-state index contributed by atoms with van der Waals surface area (Å²) >= 11 is 0. The average Bonchev–Trinajstić information content (AvgIpc) is 2.49. The van der Waals surface area contributed by atoms with E-state index < -0.39 is 0 Å². The van der Waals surface area contributed by atoms with E-state index >= 15 is 0 Å². The third-order valence-electron chi connectivity index (χ3n) is 3.79. The Bertz CT molecular complexity index is 462. The lowest BCUT2D eigenvalue weighted by atomic mass is 9.93. The summed E-state index contributed by atoms with van der Waals surface area (Å²) in [7, 11) is 0. The number of aryl methyl sites for hydroxylation is 1. The first-order valence-electron chi connectivity index (χ1n) is 7.67. The molecule has 4 nitrogen and oxygen atoms in total. The minimum absolute atomic E-state index is 0.125. The van der Waals surface area contributed by atoms with E-state index in [2.05, 4.69) is 16.9 Å². The highest BCUT2D eigenvalue weighted by Gasteiger charge is 2.23. The van der Waals surface area contributed by atoms with Gasteiger partial charge in [-0.05, 0) is 44.6 Å². The number of rotatable bonds is 6. The van der Waals surface area contributed by atoms with Crippen molar-refractivity contribution >= 4 is 5.91 Å². The van der Waals surface area contributed by atoms with Crippen LogP contribution < -0.4 is 10.1 Å². The summed E-state index contributed by atoms with van der Waals surface area (Å²) in [6.07, 6.45) is 8.94. The van der Waals surface area contributed by atoms with Crippen molar-refractivity contribution in [2.45, 2.75) is 57.6 Å². The summed E-state index contributed by atoms with van der Waals surface area (Å²) < 4.78 is 5.89. The van der Waals surface area contributed by atoms with Crippen molar-refractivity contribution in [1.82, 2.24) is 10.3 Å². The number of hydrogen-bond acceptors (Lipinski definition) is 3. The number of pyridine rings is 1. The third-order valence-corrected chi connectivity index (χ3v) is 3.79. The monoisotopic (exact) mass is 288 g/mol. The number of allylic oxidation sites excluding steroid dienone is 1. The van der Waals surface area contributed by atoms with Crippen LogP contribution in [-0.4, -0.2) is 23.0 Å². The fraction of sp³-hybridized carbons (Fsp3) is 0.529. The molecule has 0 aliphatic heterocycles. The van der Waals surface area contributed by atoms with Gasteiger partial charge in [0.05, 0.1) is 0 Å². The molecule has 1 aliphatic carbocycles. The Morgan fingerprint density at radius 1 is 1.43 bits per heavy atom. The second kappa shape index (κ2) is 7.81. The summed E-state index contributed by atoms with van der Waals surface area (Å²) in [5, 5.41) is 3.09. The van der Waals surface area contributed by atoms with Crippen LogP contribution in [0.25, 0.3) is 0 Å². The molecule has 0 spiro atoms. The SMILES string of the molecule is C=CCCC(=O)NC1CCC(Oc2ccc(C)cn2)CC1. The van der Waals surface area contributed by atoms with Crippen molar-refractivity contribution in [3.05, 3.63) is 36.5 Å². The molecule has 1 saturated carbocycles. The molecule has 4 heteroatoms. The highest BCUT2D eigenvalue weighted by Crippen LogP contribution is 2.23. The first kappa shape index (κ1) is 15.5. The number of carbonyl (C=O) groups is 1. The van der Waals surface area contributed by atoms with E-state index in [-0.39, 0.29) is 18.1 Å². The molecule has 0 radical (unpaired) electrons. The number of nitrogens with zero attached hydrogens (tertiary/aromatic N) is 1. The van der Waals surface area contributed by atoms with E-state index in [1.165, 1.54) is 0 Å². The molecule has 0 aromatic carbocycles. The predicted octanol–water partition coefficient (Wildman–Crippen LogP) is 3.16. The maximum atomic E-state index is 11.7. The van der Waals surface area contributed by atoms with Gasteiger partial charge in [-0.15, -0.1) is 6.58 Å². The zero-order valence-corrected chi connectivity index (χ0v) is 12.7. The fourth-order valence-electron chi connectivity index (χ4n) is 2.55. The quantitative estimate of drug-likeness (QED) is 0.818. The highest BCUT2D eigenvalue weighted by atomic mass is 16.5. The Hall–Kier alpha value is -1.84. The summed E-state index contributed by atoms with van der Waals surface area (Å²) in [4.78, 5) is 15.9. The van der Waals surface area contributed by atoms with E-state index in [0.717, 1.165) is 37.7 Å². The van der Waals surface area contributed by atoms with E-state index in [1.54, 1.807) is 6.08 Å². The van der Waals surface area contributed by atoms with Gasteiger partial charge in [-0.3, -0.25) is 4.79 Å². The highest BCUT2D eigenvalue weighted by molar-refractivity contribution is 5.76. The Kier molecular flexibility index (Phi) is 5.78. The van der Waals surface area contributed by atoms with Gasteiger partial charge in [0.25, 0.3) is 0 Å². The smallest absolute Gasteiger partial charge is 0.220 e. The predicted molar refractivity (Wildman–Crippen MR) is 83.2 cm³/mol. The van der Waals surface area contributed by atoms with Crippen LogP contribution in [0.15, 0.2) is 31.0 Å². The third kappa shape index (κ3) is 5.21. The average molecular weight is 288 g/mol. The van der Waals surface area contributed by atoms with Crippen LogP contribution in [0.5, 0.6) is 5.88 Å². The molecule has 1 aromatic heterocycles. The zero-order valence-electron chi connectivity index (χ0n) is 12.7. The van der Waals surface area contributed by atoms with Gasteiger partial charge in [-0.1, -0.05) is 12.1 Å². The maximum absolute atomic E-state index is 11.7. The van der Waals surface area contributed by atoms with Crippen LogP contribution in [0, 0.1) is 6.92 Å². The van der Waals surface area contributed by atoms with Gasteiger partial charge in [0.15, 0.2) is 0 Å². The van der Waals surface area contributed by atoms with Gasteiger partial charge in [-0.25, -0.2) is 4.98 Å². The second-order valence-electron chi connectivity index (χ2n) is 5.66. The molecule has 0 saturated heterocycles. The number of ether oxygens (including phenoxy) is 1. The second-order valence-corrected chi connectivity index (χ2v) is 5.66. The molecular formula is C17H24N2O2. The van der Waals surface area contributed by atoms with Crippen molar-refractivity contribution < 1.29 is 9.53 Å². The lowest BCUT2D eigenvalue weighted by molar-refractivity contribution is -0.122. The normalized spacial score (nSPS) is 21.6. The molecule has 114 valence electrons. The molecule has 21 heavy (non-hydrogen) atoms. The van der Waals surface area contributed by atoms with Crippen LogP contribution in [0.3, 0.4) is 0 Å². The van der Waals surface area contributed by atoms with Gasteiger partial charge in [-0.2, -0.15) is 0 Å². The molecule has 1 heterocycles. The van der Waals surface area contributed by atoms with Gasteiger partial charge in [0, 0.05) is 24.7 Å². The molecule has 1 fully saturated rings. The first-order chi connectivity index (χ1) is 10.2. The fourth-order valence-corrected chi connectivity index (χ4v) is 2.55. The Balaban J connectivity index is 1.71. The van der Waals surface area contributed by atoms with Crippen LogP contribution in [0.4, 0.5) is 0 Å². The van der Waals surface area contributed by atoms with Crippen molar-refractivity contribution in [3.63, 3.8) is 0 Å². The van der Waals surface area contributed by atoms with Gasteiger partial charge in [0.2, 0.25) is 11.8 Å². The van der Waals surface area contributed by atoms with Crippen LogP contribution in [-0.2, 0) is 4.79 Å². The number of nitrogens with one attached hydrogen (secondary N) is 1. The molecule has 1 N–H and O–H groups in total.